The van der Waals surface area contributed by atoms with Crippen LogP contribution in [0.3, 0.4) is 0 Å². The Kier molecular flexibility index (Phi) is 4.29. The van der Waals surface area contributed by atoms with E-state index < -0.39 is 12.0 Å². The molecule has 0 aromatic carbocycles. The van der Waals surface area contributed by atoms with Gasteiger partial charge in [-0.1, -0.05) is 0 Å². The molecule has 1 aliphatic heterocycles. The van der Waals surface area contributed by atoms with Crippen molar-refractivity contribution >= 4 is 17.8 Å². The van der Waals surface area contributed by atoms with Crippen LogP contribution in [0, 0.1) is 0 Å². The summed E-state index contributed by atoms with van der Waals surface area (Å²) >= 11 is 0. The molecule has 1 aromatic rings. The standard InChI is InChI=1S/C13H18N2O5/c1-8(2)14-12(16)9-7-19-6-5-15(9)11-4-3-10(20-11)13(17)18/h3-4,8-9H,5-7H2,1-2H3,(H,14,16)(H,17,18). The van der Waals surface area contributed by atoms with Gasteiger partial charge in [0.25, 0.3) is 0 Å². The maximum absolute atomic E-state index is 12.1. The SMILES string of the molecule is CC(C)NC(=O)C1COCCN1c1ccc(C(=O)O)o1. The van der Waals surface area contributed by atoms with Gasteiger partial charge >= 0.3 is 5.97 Å². The summed E-state index contributed by atoms with van der Waals surface area (Å²) in [7, 11) is 0. The number of nitrogens with zero attached hydrogens (tertiary/aromatic N) is 1. The third-order valence-corrected chi connectivity index (χ3v) is 2.95. The molecule has 20 heavy (non-hydrogen) atoms. The van der Waals surface area contributed by atoms with Gasteiger partial charge in [-0.15, -0.1) is 0 Å². The minimum atomic E-state index is -1.13. The predicted octanol–water partition coefficient (Wildman–Crippen LogP) is 0.708. The highest BCUT2D eigenvalue weighted by Gasteiger charge is 2.32. The number of amides is 1. The molecule has 0 aliphatic carbocycles. The van der Waals surface area contributed by atoms with Crippen LogP contribution in [0.4, 0.5) is 5.88 Å². The van der Waals surface area contributed by atoms with Crippen molar-refractivity contribution in [1.29, 1.82) is 0 Å². The highest BCUT2D eigenvalue weighted by atomic mass is 16.5. The van der Waals surface area contributed by atoms with Crippen LogP contribution in [0.5, 0.6) is 0 Å². The summed E-state index contributed by atoms with van der Waals surface area (Å²) in [4.78, 5) is 24.7. The van der Waals surface area contributed by atoms with Crippen molar-refractivity contribution in [2.75, 3.05) is 24.7 Å². The van der Waals surface area contributed by atoms with E-state index in [9.17, 15) is 9.59 Å². The molecule has 1 unspecified atom stereocenters. The van der Waals surface area contributed by atoms with Gasteiger partial charge in [0.15, 0.2) is 5.88 Å². The number of hydrogen-bond acceptors (Lipinski definition) is 5. The first kappa shape index (κ1) is 14.4. The van der Waals surface area contributed by atoms with Crippen LogP contribution in [0.1, 0.15) is 24.4 Å². The second-order valence-corrected chi connectivity index (χ2v) is 4.89. The minimum Gasteiger partial charge on any atom is -0.475 e. The molecular formula is C13H18N2O5. The lowest BCUT2D eigenvalue weighted by molar-refractivity contribution is -0.125. The number of furan rings is 1. The van der Waals surface area contributed by atoms with E-state index in [1.54, 1.807) is 11.0 Å². The smallest absolute Gasteiger partial charge is 0.371 e. The number of morpholine rings is 1. The first-order valence-corrected chi connectivity index (χ1v) is 6.47. The summed E-state index contributed by atoms with van der Waals surface area (Å²) in [6, 6.07) is 2.45. The van der Waals surface area contributed by atoms with Crippen molar-refractivity contribution in [3.63, 3.8) is 0 Å². The molecule has 0 spiro atoms. The van der Waals surface area contributed by atoms with Crippen LogP contribution < -0.4 is 10.2 Å². The Morgan fingerprint density at radius 2 is 2.20 bits per heavy atom. The summed E-state index contributed by atoms with van der Waals surface area (Å²) in [5, 5.41) is 11.7. The summed E-state index contributed by atoms with van der Waals surface area (Å²) < 4.78 is 10.6. The molecule has 0 radical (unpaired) electrons. The Morgan fingerprint density at radius 3 is 2.80 bits per heavy atom. The van der Waals surface area contributed by atoms with Gasteiger partial charge in [-0.3, -0.25) is 4.79 Å². The van der Waals surface area contributed by atoms with E-state index in [1.165, 1.54) is 6.07 Å². The summed E-state index contributed by atoms with van der Waals surface area (Å²) in [6.07, 6.45) is 0. The molecule has 7 heteroatoms. The molecule has 110 valence electrons. The third kappa shape index (κ3) is 3.11. The normalized spacial score (nSPS) is 19.1. The van der Waals surface area contributed by atoms with E-state index in [1.807, 2.05) is 13.8 Å². The van der Waals surface area contributed by atoms with Crippen molar-refractivity contribution in [3.8, 4) is 0 Å². The maximum atomic E-state index is 12.1. The van der Waals surface area contributed by atoms with E-state index in [2.05, 4.69) is 5.32 Å². The van der Waals surface area contributed by atoms with Crippen LogP contribution in [0.2, 0.25) is 0 Å². The molecule has 1 fully saturated rings. The fourth-order valence-corrected chi connectivity index (χ4v) is 2.06. The highest BCUT2D eigenvalue weighted by Crippen LogP contribution is 2.23. The molecule has 1 amide bonds. The summed E-state index contributed by atoms with van der Waals surface area (Å²) in [5.41, 5.74) is 0. The van der Waals surface area contributed by atoms with Crippen LogP contribution in [-0.2, 0) is 9.53 Å². The van der Waals surface area contributed by atoms with E-state index >= 15 is 0 Å². The van der Waals surface area contributed by atoms with E-state index in [4.69, 9.17) is 14.3 Å². The molecule has 7 nitrogen and oxygen atoms in total. The van der Waals surface area contributed by atoms with Crippen LogP contribution in [0.25, 0.3) is 0 Å². The Bertz CT molecular complexity index is 497. The lowest BCUT2D eigenvalue weighted by Crippen LogP contribution is -2.55. The molecule has 1 aromatic heterocycles. The first-order chi connectivity index (χ1) is 9.49. The number of ether oxygens (including phenoxy) is 1. The molecule has 0 bridgehead atoms. The number of rotatable bonds is 4. The van der Waals surface area contributed by atoms with Crippen LogP contribution in [0.15, 0.2) is 16.5 Å². The molecule has 2 N–H and O–H groups in total. The van der Waals surface area contributed by atoms with Crippen LogP contribution >= 0.6 is 0 Å². The number of carboxylic acid groups (broad SMARTS) is 1. The van der Waals surface area contributed by atoms with Crippen LogP contribution in [-0.4, -0.2) is 48.8 Å². The number of aromatic carboxylic acids is 1. The average molecular weight is 282 g/mol. The largest absolute Gasteiger partial charge is 0.475 e. The molecule has 1 aliphatic rings. The second-order valence-electron chi connectivity index (χ2n) is 4.89. The fourth-order valence-electron chi connectivity index (χ4n) is 2.06. The predicted molar refractivity (Wildman–Crippen MR) is 70.9 cm³/mol. The van der Waals surface area contributed by atoms with Gasteiger partial charge in [-0.25, -0.2) is 4.79 Å². The zero-order valence-corrected chi connectivity index (χ0v) is 11.5. The highest BCUT2D eigenvalue weighted by molar-refractivity contribution is 5.87. The zero-order valence-electron chi connectivity index (χ0n) is 11.5. The number of anilines is 1. The topological polar surface area (TPSA) is 92.0 Å². The molecule has 2 heterocycles. The fraction of sp³-hybridized carbons (Fsp3) is 0.538. The van der Waals surface area contributed by atoms with E-state index in [0.29, 0.717) is 19.0 Å². The van der Waals surface area contributed by atoms with E-state index in [0.717, 1.165) is 0 Å². The summed E-state index contributed by atoms with van der Waals surface area (Å²) in [6.45, 7) is 4.95. The Hall–Kier alpha value is -2.02. The number of carbonyl (C=O) groups excluding carboxylic acids is 1. The quantitative estimate of drug-likeness (QED) is 0.845. The third-order valence-electron chi connectivity index (χ3n) is 2.95. The lowest BCUT2D eigenvalue weighted by Gasteiger charge is -2.34. The lowest BCUT2D eigenvalue weighted by atomic mass is 10.2. The van der Waals surface area contributed by atoms with E-state index in [-0.39, 0.29) is 24.3 Å². The Morgan fingerprint density at radius 1 is 1.45 bits per heavy atom. The van der Waals surface area contributed by atoms with Gasteiger partial charge in [-0.2, -0.15) is 0 Å². The first-order valence-electron chi connectivity index (χ1n) is 6.47. The average Bonchev–Trinajstić information content (AvgIpc) is 2.87. The second kappa shape index (κ2) is 5.96. The van der Waals surface area contributed by atoms with Crippen molar-refractivity contribution in [2.24, 2.45) is 0 Å². The van der Waals surface area contributed by atoms with Gasteiger partial charge < -0.3 is 24.5 Å². The zero-order chi connectivity index (χ0) is 14.7. The summed E-state index contributed by atoms with van der Waals surface area (Å²) in [5.74, 6) is -1.07. The number of nitrogens with one attached hydrogen (secondary N) is 1. The van der Waals surface area contributed by atoms with Gasteiger partial charge in [0.1, 0.15) is 6.04 Å². The monoisotopic (exact) mass is 282 g/mol. The van der Waals surface area contributed by atoms with Gasteiger partial charge in [0.2, 0.25) is 11.7 Å². The molecule has 0 saturated carbocycles. The van der Waals surface area contributed by atoms with Gasteiger partial charge in [-0.05, 0) is 19.9 Å². The van der Waals surface area contributed by atoms with Crippen molar-refractivity contribution < 1.29 is 23.8 Å². The van der Waals surface area contributed by atoms with Crippen molar-refractivity contribution in [2.45, 2.75) is 25.9 Å². The Balaban J connectivity index is 2.17. The molecule has 1 atom stereocenters. The minimum absolute atomic E-state index is 0.0254. The molecule has 1 saturated heterocycles. The van der Waals surface area contributed by atoms with Gasteiger partial charge in [0, 0.05) is 18.7 Å². The van der Waals surface area contributed by atoms with Crippen molar-refractivity contribution in [1.82, 2.24) is 5.32 Å². The van der Waals surface area contributed by atoms with Gasteiger partial charge in [0.05, 0.1) is 13.2 Å². The molecular weight excluding hydrogens is 264 g/mol. The number of hydrogen-bond donors (Lipinski definition) is 2. The molecule has 2 rings (SSSR count). The maximum Gasteiger partial charge on any atom is 0.371 e. The Labute approximate surface area is 116 Å². The van der Waals surface area contributed by atoms with Crippen molar-refractivity contribution in [3.05, 3.63) is 17.9 Å². The number of carboxylic acids is 1. The number of carbonyl (C=O) groups is 2.